The van der Waals surface area contributed by atoms with Crippen LogP contribution in [0.15, 0.2) is 0 Å². The van der Waals surface area contributed by atoms with Gasteiger partial charge in [-0.3, -0.25) is 0 Å². The number of halogens is 2. The van der Waals surface area contributed by atoms with Gasteiger partial charge in [0.25, 0.3) is 0 Å². The van der Waals surface area contributed by atoms with Crippen molar-refractivity contribution in [2.24, 2.45) is 5.41 Å². The SMILES string of the molecule is CC1(C)CC1c1nnc2n1CCNC2.Cl.Cl. The molecule has 1 aromatic heterocycles. The Morgan fingerprint density at radius 1 is 1.31 bits per heavy atom. The highest BCUT2D eigenvalue weighted by molar-refractivity contribution is 5.85. The molecular formula is C10H18Cl2N4. The summed E-state index contributed by atoms with van der Waals surface area (Å²) in [5.41, 5.74) is 0.453. The predicted octanol–water partition coefficient (Wildman–Crippen LogP) is 1.74. The Labute approximate surface area is 108 Å². The van der Waals surface area contributed by atoms with Crippen molar-refractivity contribution in [2.45, 2.75) is 39.3 Å². The number of hydrogen-bond acceptors (Lipinski definition) is 3. The van der Waals surface area contributed by atoms with E-state index >= 15 is 0 Å². The summed E-state index contributed by atoms with van der Waals surface area (Å²) in [4.78, 5) is 0. The van der Waals surface area contributed by atoms with Gasteiger partial charge >= 0.3 is 0 Å². The minimum absolute atomic E-state index is 0. The predicted molar refractivity (Wildman–Crippen MR) is 67.4 cm³/mol. The monoisotopic (exact) mass is 264 g/mol. The van der Waals surface area contributed by atoms with E-state index in [0.717, 1.165) is 25.5 Å². The maximum absolute atomic E-state index is 4.33. The summed E-state index contributed by atoms with van der Waals surface area (Å²) in [5.74, 6) is 2.96. The summed E-state index contributed by atoms with van der Waals surface area (Å²) in [6, 6.07) is 0. The van der Waals surface area contributed by atoms with E-state index in [4.69, 9.17) is 0 Å². The Hall–Kier alpha value is -0.320. The van der Waals surface area contributed by atoms with Gasteiger partial charge in [0.1, 0.15) is 11.6 Å². The van der Waals surface area contributed by atoms with Gasteiger partial charge in [-0.15, -0.1) is 35.0 Å². The second-order valence-electron chi connectivity index (χ2n) is 5.05. The summed E-state index contributed by atoms with van der Waals surface area (Å²) in [5, 5.41) is 11.9. The number of nitrogens with zero attached hydrogens (tertiary/aromatic N) is 3. The van der Waals surface area contributed by atoms with Crippen molar-refractivity contribution in [1.82, 2.24) is 20.1 Å². The van der Waals surface area contributed by atoms with Gasteiger partial charge in [0.05, 0.1) is 6.54 Å². The molecule has 1 saturated carbocycles. The van der Waals surface area contributed by atoms with Crippen molar-refractivity contribution in [3.8, 4) is 0 Å². The van der Waals surface area contributed by atoms with Gasteiger partial charge < -0.3 is 9.88 Å². The zero-order chi connectivity index (χ0) is 9.76. The molecule has 0 bridgehead atoms. The summed E-state index contributed by atoms with van der Waals surface area (Å²) in [6.07, 6.45) is 1.26. The Balaban J connectivity index is 0.000000640. The van der Waals surface area contributed by atoms with Gasteiger partial charge in [-0.1, -0.05) is 13.8 Å². The van der Waals surface area contributed by atoms with Crippen LogP contribution in [0.2, 0.25) is 0 Å². The Bertz CT molecular complexity index is 375. The lowest BCUT2D eigenvalue weighted by Crippen LogP contribution is -2.29. The van der Waals surface area contributed by atoms with Crippen LogP contribution >= 0.6 is 24.8 Å². The van der Waals surface area contributed by atoms with Crippen LogP contribution in [-0.4, -0.2) is 21.3 Å². The molecule has 1 N–H and O–H groups in total. The van der Waals surface area contributed by atoms with E-state index in [0.29, 0.717) is 11.3 Å². The van der Waals surface area contributed by atoms with Crippen molar-refractivity contribution in [1.29, 1.82) is 0 Å². The standard InChI is InChI=1S/C10H16N4.2ClH/c1-10(2)5-7(10)9-13-12-8-6-11-3-4-14(8)9;;/h7,11H,3-6H2,1-2H3;2*1H. The number of fused-ring (bicyclic) bond motifs is 1. The minimum atomic E-state index is 0. The van der Waals surface area contributed by atoms with Crippen LogP contribution in [0, 0.1) is 5.41 Å². The molecule has 3 rings (SSSR count). The van der Waals surface area contributed by atoms with Gasteiger partial charge in [-0.2, -0.15) is 0 Å². The third-order valence-electron chi connectivity index (χ3n) is 3.48. The summed E-state index contributed by atoms with van der Waals surface area (Å²) in [6.45, 7) is 7.57. The fourth-order valence-corrected chi connectivity index (χ4v) is 2.28. The minimum Gasteiger partial charge on any atom is -0.312 e. The Morgan fingerprint density at radius 2 is 2.00 bits per heavy atom. The fourth-order valence-electron chi connectivity index (χ4n) is 2.28. The topological polar surface area (TPSA) is 42.7 Å². The van der Waals surface area contributed by atoms with Gasteiger partial charge in [0.2, 0.25) is 0 Å². The zero-order valence-corrected chi connectivity index (χ0v) is 11.2. The number of aromatic nitrogens is 3. The van der Waals surface area contributed by atoms with E-state index in [-0.39, 0.29) is 24.8 Å². The van der Waals surface area contributed by atoms with Crippen molar-refractivity contribution in [3.63, 3.8) is 0 Å². The fraction of sp³-hybridized carbons (Fsp3) is 0.800. The van der Waals surface area contributed by atoms with Crippen molar-refractivity contribution in [2.75, 3.05) is 6.54 Å². The lowest BCUT2D eigenvalue weighted by atomic mass is 10.1. The molecule has 0 spiro atoms. The molecule has 1 unspecified atom stereocenters. The lowest BCUT2D eigenvalue weighted by molar-refractivity contribution is 0.485. The molecule has 1 fully saturated rings. The van der Waals surface area contributed by atoms with Crippen LogP contribution in [0.25, 0.3) is 0 Å². The first kappa shape index (κ1) is 13.7. The average Bonchev–Trinajstić information content (AvgIpc) is 2.63. The van der Waals surface area contributed by atoms with Crippen LogP contribution < -0.4 is 5.32 Å². The van der Waals surface area contributed by atoms with Crippen LogP contribution in [0.1, 0.15) is 37.8 Å². The number of hydrogen-bond donors (Lipinski definition) is 1. The molecule has 16 heavy (non-hydrogen) atoms. The molecule has 6 heteroatoms. The highest BCUT2D eigenvalue weighted by Gasteiger charge is 2.49. The first-order chi connectivity index (χ1) is 6.68. The largest absolute Gasteiger partial charge is 0.312 e. The molecule has 92 valence electrons. The van der Waals surface area contributed by atoms with Crippen LogP contribution in [0.4, 0.5) is 0 Å². The maximum atomic E-state index is 4.33. The third-order valence-corrected chi connectivity index (χ3v) is 3.48. The summed E-state index contributed by atoms with van der Waals surface area (Å²) < 4.78 is 2.30. The van der Waals surface area contributed by atoms with Crippen LogP contribution in [0.3, 0.4) is 0 Å². The number of nitrogens with one attached hydrogen (secondary N) is 1. The summed E-state index contributed by atoms with van der Waals surface area (Å²) in [7, 11) is 0. The van der Waals surface area contributed by atoms with Gasteiger partial charge in [-0.05, 0) is 11.8 Å². The molecule has 0 amide bonds. The van der Waals surface area contributed by atoms with E-state index in [1.54, 1.807) is 0 Å². The van der Waals surface area contributed by atoms with Gasteiger partial charge in [0.15, 0.2) is 0 Å². The lowest BCUT2D eigenvalue weighted by Gasteiger charge is -2.16. The first-order valence-electron chi connectivity index (χ1n) is 5.31. The maximum Gasteiger partial charge on any atom is 0.147 e. The van der Waals surface area contributed by atoms with Gasteiger partial charge in [0, 0.05) is 19.0 Å². The van der Waals surface area contributed by atoms with Crippen molar-refractivity contribution >= 4 is 24.8 Å². The average molecular weight is 265 g/mol. The summed E-state index contributed by atoms with van der Waals surface area (Å²) >= 11 is 0. The Morgan fingerprint density at radius 3 is 2.62 bits per heavy atom. The second-order valence-corrected chi connectivity index (χ2v) is 5.05. The smallest absolute Gasteiger partial charge is 0.147 e. The van der Waals surface area contributed by atoms with Crippen LogP contribution in [-0.2, 0) is 13.1 Å². The quantitative estimate of drug-likeness (QED) is 0.841. The molecule has 0 saturated heterocycles. The van der Waals surface area contributed by atoms with E-state index in [2.05, 4.69) is 33.9 Å². The molecule has 1 aromatic rings. The second kappa shape index (κ2) is 4.51. The molecule has 1 atom stereocenters. The molecule has 1 aliphatic carbocycles. The zero-order valence-electron chi connectivity index (χ0n) is 9.56. The third kappa shape index (κ3) is 2.06. The highest BCUT2D eigenvalue weighted by atomic mass is 35.5. The first-order valence-corrected chi connectivity index (χ1v) is 5.31. The highest BCUT2D eigenvalue weighted by Crippen LogP contribution is 2.58. The van der Waals surface area contributed by atoms with E-state index in [1.165, 1.54) is 12.2 Å². The Kier molecular flexibility index (Phi) is 3.87. The van der Waals surface area contributed by atoms with E-state index in [9.17, 15) is 0 Å². The van der Waals surface area contributed by atoms with E-state index in [1.807, 2.05) is 0 Å². The van der Waals surface area contributed by atoms with E-state index < -0.39 is 0 Å². The van der Waals surface area contributed by atoms with Crippen molar-refractivity contribution < 1.29 is 0 Å². The van der Waals surface area contributed by atoms with Crippen LogP contribution in [0.5, 0.6) is 0 Å². The molecular weight excluding hydrogens is 247 g/mol. The number of rotatable bonds is 1. The molecule has 2 heterocycles. The molecule has 1 aliphatic heterocycles. The molecule has 0 radical (unpaired) electrons. The molecule has 0 aromatic carbocycles. The van der Waals surface area contributed by atoms with Gasteiger partial charge in [-0.25, -0.2) is 0 Å². The normalized spacial score (nSPS) is 25.0. The molecule has 4 nitrogen and oxygen atoms in total. The van der Waals surface area contributed by atoms with Crippen molar-refractivity contribution in [3.05, 3.63) is 11.6 Å². The molecule has 2 aliphatic rings.